The van der Waals surface area contributed by atoms with Gasteiger partial charge in [0.15, 0.2) is 0 Å². The molecule has 1 N–H and O–H groups in total. The molecule has 0 heterocycles. The molecule has 0 amide bonds. The van der Waals surface area contributed by atoms with Gasteiger partial charge in [-0.05, 0) is 33.1 Å². The van der Waals surface area contributed by atoms with E-state index in [9.17, 15) is 9.90 Å². The van der Waals surface area contributed by atoms with E-state index < -0.39 is 12.4 Å². The second kappa shape index (κ2) is 5.15. The summed E-state index contributed by atoms with van der Waals surface area (Å²) in [5.74, 6) is -0.375. The van der Waals surface area contributed by atoms with Gasteiger partial charge in [0.1, 0.15) is 0 Å². The molecule has 0 radical (unpaired) electrons. The number of aliphatic hydroxyl groups excluding tert-OH is 1. The molecule has 3 aliphatic carbocycles. The topological polar surface area (TPSA) is 55.8 Å². The van der Waals surface area contributed by atoms with Gasteiger partial charge in [-0.25, -0.2) is 0 Å². The molecule has 3 aliphatic rings. The molecule has 0 aliphatic heterocycles. The van der Waals surface area contributed by atoms with E-state index in [1.807, 2.05) is 12.2 Å². The molecular weight excluding hydrogens is 256 g/mol. The zero-order valence-corrected chi connectivity index (χ0v) is 12.2. The molecule has 2 fully saturated rings. The molecule has 2 saturated carbocycles. The molecule has 112 valence electrons. The SMILES string of the molecule is CC(OC(=O)C1CC2C=CC1C2O)OC1(C)CCCC1. The number of carbonyl (C=O) groups is 1. The van der Waals surface area contributed by atoms with Crippen molar-refractivity contribution in [2.24, 2.45) is 17.8 Å². The molecule has 0 saturated heterocycles. The number of aliphatic hydroxyl groups is 1. The van der Waals surface area contributed by atoms with Crippen molar-refractivity contribution in [3.05, 3.63) is 12.2 Å². The van der Waals surface area contributed by atoms with E-state index in [2.05, 4.69) is 6.92 Å². The average molecular weight is 280 g/mol. The average Bonchev–Trinajstić information content (AvgIpc) is 3.05. The van der Waals surface area contributed by atoms with Crippen molar-refractivity contribution < 1.29 is 19.4 Å². The monoisotopic (exact) mass is 280 g/mol. The Bertz CT molecular complexity index is 411. The van der Waals surface area contributed by atoms with Gasteiger partial charge in [0.25, 0.3) is 0 Å². The third-order valence-electron chi connectivity index (χ3n) is 5.10. The smallest absolute Gasteiger partial charge is 0.311 e. The lowest BCUT2D eigenvalue weighted by atomic mass is 9.93. The summed E-state index contributed by atoms with van der Waals surface area (Å²) in [6.07, 6.45) is 8.18. The largest absolute Gasteiger partial charge is 0.436 e. The van der Waals surface area contributed by atoms with Gasteiger partial charge >= 0.3 is 5.97 Å². The molecule has 2 bridgehead atoms. The van der Waals surface area contributed by atoms with Crippen LogP contribution in [0, 0.1) is 17.8 Å². The number of ether oxygens (including phenoxy) is 2. The van der Waals surface area contributed by atoms with Gasteiger partial charge in [0.05, 0.1) is 17.6 Å². The fourth-order valence-corrected chi connectivity index (χ4v) is 3.99. The predicted molar refractivity (Wildman–Crippen MR) is 73.7 cm³/mol. The molecule has 5 unspecified atom stereocenters. The first-order valence-electron chi connectivity index (χ1n) is 7.73. The zero-order valence-electron chi connectivity index (χ0n) is 12.2. The number of fused-ring (bicyclic) bond motifs is 2. The van der Waals surface area contributed by atoms with Gasteiger partial charge in [-0.3, -0.25) is 4.79 Å². The highest BCUT2D eigenvalue weighted by molar-refractivity contribution is 5.74. The second-order valence-corrected chi connectivity index (χ2v) is 6.74. The van der Waals surface area contributed by atoms with Crippen LogP contribution >= 0.6 is 0 Å². The van der Waals surface area contributed by atoms with Gasteiger partial charge in [-0.15, -0.1) is 0 Å². The summed E-state index contributed by atoms with van der Waals surface area (Å²) in [6, 6.07) is 0. The van der Waals surface area contributed by atoms with Crippen LogP contribution in [0.1, 0.15) is 46.0 Å². The summed E-state index contributed by atoms with van der Waals surface area (Å²) in [6.45, 7) is 3.88. The maximum Gasteiger partial charge on any atom is 0.311 e. The van der Waals surface area contributed by atoms with Gasteiger partial charge in [0.2, 0.25) is 6.29 Å². The minimum atomic E-state index is -0.508. The maximum absolute atomic E-state index is 12.2. The Kier molecular flexibility index (Phi) is 3.63. The Hall–Kier alpha value is -0.870. The normalized spacial score (nSPS) is 39.1. The van der Waals surface area contributed by atoms with E-state index in [1.165, 1.54) is 12.8 Å². The Balaban J connectivity index is 1.53. The highest BCUT2D eigenvalue weighted by Gasteiger charge is 2.48. The van der Waals surface area contributed by atoms with Gasteiger partial charge in [0, 0.05) is 11.8 Å². The van der Waals surface area contributed by atoms with Crippen LogP contribution in [0.15, 0.2) is 12.2 Å². The molecule has 5 atom stereocenters. The van der Waals surface area contributed by atoms with Crippen LogP contribution in [0.5, 0.6) is 0 Å². The van der Waals surface area contributed by atoms with Crippen molar-refractivity contribution in [2.45, 2.75) is 63.9 Å². The summed E-state index contributed by atoms with van der Waals surface area (Å²) >= 11 is 0. The molecule has 0 aromatic heterocycles. The Morgan fingerprint density at radius 1 is 1.35 bits per heavy atom. The van der Waals surface area contributed by atoms with Crippen molar-refractivity contribution in [2.75, 3.05) is 0 Å². The van der Waals surface area contributed by atoms with Crippen molar-refractivity contribution in [1.82, 2.24) is 0 Å². The summed E-state index contributed by atoms with van der Waals surface area (Å²) in [5.41, 5.74) is -0.145. The van der Waals surface area contributed by atoms with E-state index in [1.54, 1.807) is 6.92 Å². The summed E-state index contributed by atoms with van der Waals surface area (Å²) in [5, 5.41) is 9.95. The van der Waals surface area contributed by atoms with Crippen molar-refractivity contribution in [1.29, 1.82) is 0 Å². The van der Waals surface area contributed by atoms with Crippen LogP contribution in [0.25, 0.3) is 0 Å². The first-order valence-corrected chi connectivity index (χ1v) is 7.73. The van der Waals surface area contributed by atoms with Gasteiger partial charge < -0.3 is 14.6 Å². The van der Waals surface area contributed by atoms with Crippen LogP contribution in [-0.4, -0.2) is 29.1 Å². The minimum Gasteiger partial charge on any atom is -0.436 e. The van der Waals surface area contributed by atoms with Crippen molar-refractivity contribution in [3.63, 3.8) is 0 Å². The Morgan fingerprint density at radius 3 is 2.60 bits per heavy atom. The summed E-state index contributed by atoms with van der Waals surface area (Å²) in [4.78, 5) is 12.2. The van der Waals surface area contributed by atoms with Crippen LogP contribution in [0.4, 0.5) is 0 Å². The zero-order chi connectivity index (χ0) is 14.3. The Labute approximate surface area is 120 Å². The highest BCUT2D eigenvalue weighted by atomic mass is 16.7. The van der Waals surface area contributed by atoms with Gasteiger partial charge in [-0.2, -0.15) is 0 Å². The number of esters is 1. The number of hydrogen-bond donors (Lipinski definition) is 1. The highest BCUT2D eigenvalue weighted by Crippen LogP contribution is 2.44. The minimum absolute atomic E-state index is 0.0678. The van der Waals surface area contributed by atoms with E-state index in [0.29, 0.717) is 6.42 Å². The van der Waals surface area contributed by atoms with Crippen LogP contribution in [0.2, 0.25) is 0 Å². The molecule has 4 nitrogen and oxygen atoms in total. The number of carbonyl (C=O) groups excluding carboxylic acids is 1. The molecule has 0 spiro atoms. The van der Waals surface area contributed by atoms with Gasteiger partial charge in [-0.1, -0.05) is 25.0 Å². The lowest BCUT2D eigenvalue weighted by Crippen LogP contribution is -2.34. The quantitative estimate of drug-likeness (QED) is 0.488. The van der Waals surface area contributed by atoms with E-state index >= 15 is 0 Å². The maximum atomic E-state index is 12.2. The first kappa shape index (κ1) is 14.1. The van der Waals surface area contributed by atoms with Crippen molar-refractivity contribution >= 4 is 5.97 Å². The third-order valence-corrected chi connectivity index (χ3v) is 5.10. The lowest BCUT2D eigenvalue weighted by Gasteiger charge is -2.29. The summed E-state index contributed by atoms with van der Waals surface area (Å²) in [7, 11) is 0. The first-order chi connectivity index (χ1) is 9.48. The molecule has 4 heteroatoms. The van der Waals surface area contributed by atoms with Crippen LogP contribution in [-0.2, 0) is 14.3 Å². The van der Waals surface area contributed by atoms with E-state index in [4.69, 9.17) is 9.47 Å². The standard InChI is InChI=1S/C16H24O4/c1-10(20-16(2)7-3-4-8-16)19-15(18)13-9-11-5-6-12(13)14(11)17/h5-6,10-14,17H,3-4,7-9H2,1-2H3. The van der Waals surface area contributed by atoms with E-state index in [-0.39, 0.29) is 29.3 Å². The third kappa shape index (κ3) is 2.51. The van der Waals surface area contributed by atoms with Crippen LogP contribution < -0.4 is 0 Å². The molecule has 20 heavy (non-hydrogen) atoms. The molecule has 0 aromatic rings. The fraction of sp³-hybridized carbons (Fsp3) is 0.812. The second-order valence-electron chi connectivity index (χ2n) is 6.74. The van der Waals surface area contributed by atoms with E-state index in [0.717, 1.165) is 12.8 Å². The molecule has 0 aromatic carbocycles. The number of hydrogen-bond acceptors (Lipinski definition) is 4. The van der Waals surface area contributed by atoms with Crippen molar-refractivity contribution in [3.8, 4) is 0 Å². The lowest BCUT2D eigenvalue weighted by molar-refractivity contribution is -0.206. The fourth-order valence-electron chi connectivity index (χ4n) is 3.99. The summed E-state index contributed by atoms with van der Waals surface area (Å²) < 4.78 is 11.4. The number of rotatable bonds is 4. The predicted octanol–water partition coefficient (Wildman–Crippen LogP) is 2.41. The van der Waals surface area contributed by atoms with Crippen LogP contribution in [0.3, 0.4) is 0 Å². The molecular formula is C16H24O4. The molecule has 3 rings (SSSR count). The Morgan fingerprint density at radius 2 is 2.05 bits per heavy atom.